The number of rotatable bonds is 8. The van der Waals surface area contributed by atoms with Gasteiger partial charge in [0, 0.05) is 6.54 Å². The summed E-state index contributed by atoms with van der Waals surface area (Å²) in [6, 6.07) is -2.75. The molecule has 36 heavy (non-hydrogen) atoms. The van der Waals surface area contributed by atoms with E-state index in [0.29, 0.717) is 13.0 Å². The quantitative estimate of drug-likeness (QED) is 0.427. The molecule has 4 N–H and O–H groups in total. The molecular weight excluding hydrogens is 464 g/mol. The molecule has 202 valence electrons. The maximum atomic E-state index is 13.8. The van der Waals surface area contributed by atoms with Crippen molar-refractivity contribution in [1.82, 2.24) is 15.5 Å². The van der Waals surface area contributed by atoms with Gasteiger partial charge in [0.2, 0.25) is 17.6 Å². The van der Waals surface area contributed by atoms with E-state index >= 15 is 0 Å². The topological polar surface area (TPSA) is 148 Å². The summed E-state index contributed by atoms with van der Waals surface area (Å²) in [5, 5.41) is 5.45. The summed E-state index contributed by atoms with van der Waals surface area (Å²) in [5.41, 5.74) is 3.70. The highest BCUT2D eigenvalue weighted by Gasteiger charge is 2.70. The molecule has 3 rings (SSSR count). The Kier molecular flexibility index (Phi) is 7.24. The normalized spacial score (nSPS) is 26.3. The molecule has 4 amide bonds. The van der Waals surface area contributed by atoms with E-state index in [2.05, 4.69) is 24.5 Å². The van der Waals surface area contributed by atoms with Crippen molar-refractivity contribution in [2.75, 3.05) is 6.54 Å². The summed E-state index contributed by atoms with van der Waals surface area (Å²) < 4.78 is 5.38. The molecule has 0 spiro atoms. The molecule has 1 saturated heterocycles. The fraction of sp³-hybridized carbons (Fsp3) is 0.808. The van der Waals surface area contributed by atoms with Crippen LogP contribution in [0.5, 0.6) is 0 Å². The van der Waals surface area contributed by atoms with E-state index < -0.39 is 52.8 Å². The van der Waals surface area contributed by atoms with Gasteiger partial charge >= 0.3 is 6.09 Å². The Bertz CT molecular complexity index is 943. The number of fused-ring (bicyclic) bond motifs is 1. The van der Waals surface area contributed by atoms with Gasteiger partial charge in [0.25, 0.3) is 5.91 Å². The van der Waals surface area contributed by atoms with Gasteiger partial charge in [0.1, 0.15) is 17.7 Å². The molecule has 2 saturated carbocycles. The number of nitrogens with two attached hydrogens (primary N) is 1. The molecule has 2 aliphatic carbocycles. The largest absolute Gasteiger partial charge is 0.444 e. The Morgan fingerprint density at radius 2 is 1.61 bits per heavy atom. The molecule has 1 heterocycles. The minimum atomic E-state index is -1.08. The first-order valence-corrected chi connectivity index (χ1v) is 12.8. The van der Waals surface area contributed by atoms with Crippen LogP contribution in [-0.2, 0) is 23.9 Å². The summed E-state index contributed by atoms with van der Waals surface area (Å²) in [7, 11) is 0. The summed E-state index contributed by atoms with van der Waals surface area (Å²) in [6.07, 6.45) is 1.52. The van der Waals surface area contributed by atoms with Crippen LogP contribution in [0.15, 0.2) is 0 Å². The van der Waals surface area contributed by atoms with Gasteiger partial charge < -0.3 is 26.0 Å². The van der Waals surface area contributed by atoms with Gasteiger partial charge in [-0.1, -0.05) is 47.5 Å². The molecule has 0 aromatic rings. The lowest BCUT2D eigenvalue weighted by Gasteiger charge is -2.38. The number of piperidine rings is 1. The monoisotopic (exact) mass is 506 g/mol. The fourth-order valence-electron chi connectivity index (χ4n) is 5.40. The van der Waals surface area contributed by atoms with Gasteiger partial charge in [-0.3, -0.25) is 19.2 Å². The molecule has 3 aliphatic rings. The van der Waals surface area contributed by atoms with Crippen molar-refractivity contribution in [3.63, 3.8) is 0 Å². The molecule has 5 atom stereocenters. The second-order valence-corrected chi connectivity index (χ2v) is 13.3. The van der Waals surface area contributed by atoms with Crippen LogP contribution in [-0.4, -0.2) is 64.8 Å². The number of Topliss-reactive ketones (excluding diaryl/α,β-unsaturated/α-hetero) is 1. The Hall–Kier alpha value is -2.65. The first-order chi connectivity index (χ1) is 16.3. The van der Waals surface area contributed by atoms with Crippen LogP contribution in [0.4, 0.5) is 4.79 Å². The van der Waals surface area contributed by atoms with E-state index in [1.54, 1.807) is 20.8 Å². The number of nitrogens with zero attached hydrogens (tertiary/aromatic N) is 1. The van der Waals surface area contributed by atoms with Crippen molar-refractivity contribution in [2.24, 2.45) is 34.3 Å². The molecule has 0 bridgehead atoms. The van der Waals surface area contributed by atoms with Crippen LogP contribution in [0.25, 0.3) is 0 Å². The third kappa shape index (κ3) is 6.00. The number of carbonyl (C=O) groups excluding carboxylic acids is 5. The smallest absolute Gasteiger partial charge is 0.408 e. The number of alkyl carbamates (subject to hydrolysis) is 1. The second kappa shape index (κ2) is 9.34. The standard InChI is InChI=1S/C26H42N4O6/c1-24(2,3)19(29-23(35)36-25(4,5)6)22(34)30-12-14-16(26(14,7)8)17(30)21(33)28-15(11-13-9-10-13)18(31)20(27)32/h13-17,19H,9-12H2,1-8H3,(H2,27,32)(H,28,33)(H,29,35)/t14-,15?,16?,17-,19+/m0/s1. The van der Waals surface area contributed by atoms with Crippen molar-refractivity contribution in [3.8, 4) is 0 Å². The maximum Gasteiger partial charge on any atom is 0.408 e. The highest BCUT2D eigenvalue weighted by Crippen LogP contribution is 2.65. The Morgan fingerprint density at radius 3 is 2.08 bits per heavy atom. The molecule has 0 radical (unpaired) electrons. The Labute approximate surface area is 213 Å². The molecule has 0 aromatic carbocycles. The van der Waals surface area contributed by atoms with Crippen molar-refractivity contribution in [1.29, 1.82) is 0 Å². The SMILES string of the molecule is CC(C)(C)OC(=O)N[C@H](C(=O)N1C[C@H]2C([C@H]1C(=O)NC(CC1CC1)C(=O)C(N)=O)C2(C)C)C(C)(C)C. The van der Waals surface area contributed by atoms with E-state index in [9.17, 15) is 24.0 Å². The predicted molar refractivity (Wildman–Crippen MR) is 132 cm³/mol. The first-order valence-electron chi connectivity index (χ1n) is 12.8. The van der Waals surface area contributed by atoms with Crippen molar-refractivity contribution in [3.05, 3.63) is 0 Å². The zero-order chi connectivity index (χ0) is 27.4. The van der Waals surface area contributed by atoms with Crippen molar-refractivity contribution >= 4 is 29.6 Å². The lowest BCUT2D eigenvalue weighted by Crippen LogP contribution is -2.60. The fourth-order valence-corrected chi connectivity index (χ4v) is 5.40. The highest BCUT2D eigenvalue weighted by atomic mass is 16.6. The van der Waals surface area contributed by atoms with Crippen LogP contribution < -0.4 is 16.4 Å². The van der Waals surface area contributed by atoms with Crippen LogP contribution in [0.1, 0.15) is 74.7 Å². The van der Waals surface area contributed by atoms with Gasteiger partial charge in [-0.2, -0.15) is 0 Å². The van der Waals surface area contributed by atoms with E-state index in [1.807, 2.05) is 20.8 Å². The highest BCUT2D eigenvalue weighted by molar-refractivity contribution is 6.37. The van der Waals surface area contributed by atoms with Gasteiger partial charge in [0.15, 0.2) is 0 Å². The summed E-state index contributed by atoms with van der Waals surface area (Å²) >= 11 is 0. The van der Waals surface area contributed by atoms with Crippen molar-refractivity contribution in [2.45, 2.75) is 98.4 Å². The average Bonchev–Trinajstić information content (AvgIpc) is 3.55. The third-order valence-electron chi connectivity index (χ3n) is 7.68. The molecule has 2 unspecified atom stereocenters. The summed E-state index contributed by atoms with van der Waals surface area (Å²) in [6.45, 7) is 15.2. The maximum absolute atomic E-state index is 13.8. The number of nitrogens with one attached hydrogen (secondary N) is 2. The molecule has 10 heteroatoms. The molecule has 1 aliphatic heterocycles. The van der Waals surface area contributed by atoms with Gasteiger partial charge in [-0.15, -0.1) is 0 Å². The molecule has 10 nitrogen and oxygen atoms in total. The third-order valence-corrected chi connectivity index (χ3v) is 7.68. The number of ketones is 1. The Balaban J connectivity index is 1.83. The average molecular weight is 507 g/mol. The van der Waals surface area contributed by atoms with Crippen LogP contribution in [0, 0.1) is 28.6 Å². The predicted octanol–water partition coefficient (Wildman–Crippen LogP) is 1.75. The summed E-state index contributed by atoms with van der Waals surface area (Å²) in [5.74, 6) is -2.45. The number of ether oxygens (including phenoxy) is 1. The lowest BCUT2D eigenvalue weighted by molar-refractivity contribution is -0.145. The van der Waals surface area contributed by atoms with E-state index in [0.717, 1.165) is 12.8 Å². The van der Waals surface area contributed by atoms with Crippen LogP contribution >= 0.6 is 0 Å². The number of amides is 4. The van der Waals surface area contributed by atoms with Crippen LogP contribution in [0.3, 0.4) is 0 Å². The molecule has 3 fully saturated rings. The second-order valence-electron chi connectivity index (χ2n) is 13.3. The number of hydrogen-bond donors (Lipinski definition) is 3. The molecule has 0 aromatic heterocycles. The van der Waals surface area contributed by atoms with Gasteiger partial charge in [0.05, 0.1) is 6.04 Å². The summed E-state index contributed by atoms with van der Waals surface area (Å²) in [4.78, 5) is 65.5. The van der Waals surface area contributed by atoms with E-state index in [4.69, 9.17) is 10.5 Å². The number of hydrogen-bond acceptors (Lipinski definition) is 6. The minimum absolute atomic E-state index is 0.0890. The molecular formula is C26H42N4O6. The lowest BCUT2D eigenvalue weighted by atomic mass is 9.85. The number of carbonyl (C=O) groups is 5. The number of likely N-dealkylation sites (tertiary alicyclic amines) is 1. The number of primary amides is 1. The van der Waals surface area contributed by atoms with Crippen LogP contribution in [0.2, 0.25) is 0 Å². The van der Waals surface area contributed by atoms with E-state index in [1.165, 1.54) is 4.90 Å². The van der Waals surface area contributed by atoms with Gasteiger partial charge in [-0.25, -0.2) is 4.79 Å². The zero-order valence-corrected chi connectivity index (χ0v) is 22.8. The first kappa shape index (κ1) is 27.9. The van der Waals surface area contributed by atoms with E-state index in [-0.39, 0.29) is 29.1 Å². The Morgan fingerprint density at radius 1 is 1.03 bits per heavy atom. The van der Waals surface area contributed by atoms with Gasteiger partial charge in [-0.05, 0) is 55.8 Å². The zero-order valence-electron chi connectivity index (χ0n) is 22.8. The van der Waals surface area contributed by atoms with Crippen molar-refractivity contribution < 1.29 is 28.7 Å². The minimum Gasteiger partial charge on any atom is -0.444 e.